The van der Waals surface area contributed by atoms with E-state index in [-0.39, 0.29) is 42.7 Å². The van der Waals surface area contributed by atoms with Crippen LogP contribution in [0.5, 0.6) is 0 Å². The number of aliphatic hydroxyl groups excluding tert-OH is 1. The summed E-state index contributed by atoms with van der Waals surface area (Å²) in [5.74, 6) is 0.616. The summed E-state index contributed by atoms with van der Waals surface area (Å²) in [7, 11) is 0. The highest BCUT2D eigenvalue weighted by Gasteiger charge is 2.54. The first-order chi connectivity index (χ1) is 12.3. The number of hydrogen-bond acceptors (Lipinski definition) is 9. The maximum Gasteiger partial charge on any atom is 0.191 e. The van der Waals surface area contributed by atoms with Crippen molar-refractivity contribution in [1.29, 1.82) is 0 Å². The highest BCUT2D eigenvalue weighted by Crippen LogP contribution is 2.41. The summed E-state index contributed by atoms with van der Waals surface area (Å²) >= 11 is 7.65. The molecule has 0 spiro atoms. The van der Waals surface area contributed by atoms with Gasteiger partial charge in [-0.2, -0.15) is 0 Å². The number of nitrogen functional groups attached to an aromatic ring is 1. The van der Waals surface area contributed by atoms with Crippen LogP contribution in [0.2, 0.25) is 5.15 Å². The highest BCUT2D eigenvalue weighted by atomic mass is 35.5. The van der Waals surface area contributed by atoms with E-state index in [9.17, 15) is 0 Å². The summed E-state index contributed by atoms with van der Waals surface area (Å²) < 4.78 is 17.8. The first-order valence-corrected chi connectivity index (χ1v) is 10.0. The third-order valence-electron chi connectivity index (χ3n) is 4.31. The number of hydrogen-bond donors (Lipinski definition) is 3. The molecule has 4 N–H and O–H groups in total. The molecule has 10 heteroatoms. The summed E-state index contributed by atoms with van der Waals surface area (Å²) in [4.78, 5) is 8.66. The van der Waals surface area contributed by atoms with Crippen LogP contribution in [0.1, 0.15) is 27.2 Å². The summed E-state index contributed by atoms with van der Waals surface area (Å²) in [6.07, 6.45) is 0.0125. The van der Waals surface area contributed by atoms with Crippen LogP contribution in [-0.4, -0.2) is 64.2 Å². The molecule has 0 radical (unpaired) electrons. The molecule has 0 amide bonds. The second-order valence-corrected chi connectivity index (χ2v) is 8.27. The van der Waals surface area contributed by atoms with Gasteiger partial charge in [0.25, 0.3) is 0 Å². The molecule has 1 saturated carbocycles. The molecule has 3 rings (SSSR count). The average Bonchev–Trinajstić information content (AvgIpc) is 3.04. The van der Waals surface area contributed by atoms with Gasteiger partial charge in [-0.25, -0.2) is 9.97 Å². The van der Waals surface area contributed by atoms with Crippen molar-refractivity contribution in [1.82, 2.24) is 9.97 Å². The zero-order valence-electron chi connectivity index (χ0n) is 15.1. The average molecular weight is 405 g/mol. The van der Waals surface area contributed by atoms with Crippen LogP contribution in [0.3, 0.4) is 0 Å². The topological polar surface area (TPSA) is 112 Å². The second-order valence-electron chi connectivity index (χ2n) is 6.68. The van der Waals surface area contributed by atoms with E-state index in [1.807, 2.05) is 20.8 Å². The molecule has 4 unspecified atom stereocenters. The van der Waals surface area contributed by atoms with Gasteiger partial charge in [0.2, 0.25) is 0 Å². The summed E-state index contributed by atoms with van der Waals surface area (Å²) in [5, 5.41) is 13.2. The SMILES string of the molecule is CCSc1nc(Cl)c(N)c(NC2CC(OCCO)C3OC(C)(C)OC23)n1. The van der Waals surface area contributed by atoms with Crippen LogP contribution in [0.25, 0.3) is 0 Å². The molecule has 26 heavy (non-hydrogen) atoms. The fraction of sp³-hybridized carbons (Fsp3) is 0.750. The molecule has 1 aliphatic carbocycles. The molecule has 4 atom stereocenters. The number of aromatic nitrogens is 2. The van der Waals surface area contributed by atoms with E-state index in [1.165, 1.54) is 11.8 Å². The number of halogens is 1. The Morgan fingerprint density at radius 2 is 2.12 bits per heavy atom. The van der Waals surface area contributed by atoms with E-state index in [0.717, 1.165) is 5.75 Å². The lowest BCUT2D eigenvalue weighted by Crippen LogP contribution is -2.35. The van der Waals surface area contributed by atoms with Crippen LogP contribution in [-0.2, 0) is 14.2 Å². The minimum absolute atomic E-state index is 0.0394. The molecule has 2 aliphatic rings. The highest BCUT2D eigenvalue weighted by molar-refractivity contribution is 7.99. The molecule has 2 fully saturated rings. The molecule has 1 aromatic heterocycles. The normalized spacial score (nSPS) is 29.7. The number of ether oxygens (including phenoxy) is 3. The number of nitrogens with two attached hydrogens (primary N) is 1. The van der Waals surface area contributed by atoms with Crippen molar-refractivity contribution in [2.45, 2.75) is 62.5 Å². The minimum atomic E-state index is -0.700. The third-order valence-corrected chi connectivity index (χ3v) is 5.33. The number of fused-ring (bicyclic) bond motifs is 1. The van der Waals surface area contributed by atoms with E-state index in [2.05, 4.69) is 15.3 Å². The fourth-order valence-electron chi connectivity index (χ4n) is 3.34. The van der Waals surface area contributed by atoms with E-state index < -0.39 is 5.79 Å². The van der Waals surface area contributed by atoms with Crippen molar-refractivity contribution in [3.8, 4) is 0 Å². The Bertz CT molecular complexity index is 651. The van der Waals surface area contributed by atoms with Crippen molar-refractivity contribution in [3.05, 3.63) is 5.15 Å². The Morgan fingerprint density at radius 1 is 1.38 bits per heavy atom. The molecule has 8 nitrogen and oxygen atoms in total. The summed E-state index contributed by atoms with van der Waals surface area (Å²) in [6, 6.07) is -0.113. The van der Waals surface area contributed by atoms with Crippen LogP contribution in [0.15, 0.2) is 5.16 Å². The van der Waals surface area contributed by atoms with Crippen LogP contribution < -0.4 is 11.1 Å². The molecule has 1 saturated heterocycles. The standard InChI is InChI=1S/C16H25ClN4O4S/c1-4-26-15-20-13(17)10(18)14(21-15)19-8-7-9(23-6-5-22)12-11(8)24-16(2,3)25-12/h8-9,11-12,22H,4-7,18H2,1-3H3,(H,19,20,21). The minimum Gasteiger partial charge on any atom is -0.394 e. The second kappa shape index (κ2) is 8.04. The van der Waals surface area contributed by atoms with Gasteiger partial charge in [0.05, 0.1) is 25.4 Å². The van der Waals surface area contributed by atoms with Gasteiger partial charge in [-0.1, -0.05) is 30.3 Å². The lowest BCUT2D eigenvalue weighted by Gasteiger charge is -2.24. The van der Waals surface area contributed by atoms with Crippen molar-refractivity contribution >= 4 is 34.9 Å². The zero-order valence-corrected chi connectivity index (χ0v) is 16.6. The Hall–Kier alpha value is -0.840. The number of aliphatic hydroxyl groups is 1. The number of nitrogens with one attached hydrogen (secondary N) is 1. The van der Waals surface area contributed by atoms with E-state index in [0.29, 0.717) is 23.1 Å². The van der Waals surface area contributed by atoms with E-state index in [1.54, 1.807) is 0 Å². The molecule has 146 valence electrons. The van der Waals surface area contributed by atoms with Gasteiger partial charge in [-0.3, -0.25) is 0 Å². The van der Waals surface area contributed by atoms with Crippen LogP contribution in [0.4, 0.5) is 11.5 Å². The van der Waals surface area contributed by atoms with Gasteiger partial charge >= 0.3 is 0 Å². The third kappa shape index (κ3) is 4.18. The predicted octanol–water partition coefficient (Wildman–Crippen LogP) is 1.91. The first kappa shape index (κ1) is 19.9. The summed E-state index contributed by atoms with van der Waals surface area (Å²) in [6.45, 7) is 5.97. The monoisotopic (exact) mass is 404 g/mol. The maximum absolute atomic E-state index is 9.06. The van der Waals surface area contributed by atoms with Crippen molar-refractivity contribution in [2.24, 2.45) is 0 Å². The van der Waals surface area contributed by atoms with Crippen molar-refractivity contribution in [3.63, 3.8) is 0 Å². The first-order valence-electron chi connectivity index (χ1n) is 8.65. The Balaban J connectivity index is 1.80. The van der Waals surface area contributed by atoms with E-state index in [4.69, 9.17) is 36.7 Å². The molecule has 2 heterocycles. The molecule has 0 aromatic carbocycles. The molecule has 0 bridgehead atoms. The summed E-state index contributed by atoms with van der Waals surface area (Å²) in [5.41, 5.74) is 6.37. The number of rotatable bonds is 7. The number of thioether (sulfide) groups is 1. The lowest BCUT2D eigenvalue weighted by atomic mass is 10.2. The zero-order chi connectivity index (χ0) is 18.9. The van der Waals surface area contributed by atoms with Gasteiger partial charge in [0.15, 0.2) is 21.9 Å². The molecule has 1 aliphatic heterocycles. The van der Waals surface area contributed by atoms with Crippen LogP contribution >= 0.6 is 23.4 Å². The Morgan fingerprint density at radius 3 is 2.81 bits per heavy atom. The van der Waals surface area contributed by atoms with E-state index >= 15 is 0 Å². The maximum atomic E-state index is 9.06. The number of nitrogens with zero attached hydrogens (tertiary/aromatic N) is 2. The van der Waals surface area contributed by atoms with Crippen molar-refractivity contribution in [2.75, 3.05) is 30.0 Å². The quantitative estimate of drug-likeness (QED) is 0.356. The number of anilines is 2. The van der Waals surface area contributed by atoms with Gasteiger partial charge in [-0.05, 0) is 26.0 Å². The molecule has 1 aromatic rings. The van der Waals surface area contributed by atoms with Gasteiger partial charge in [0.1, 0.15) is 17.9 Å². The predicted molar refractivity (Wildman–Crippen MR) is 101 cm³/mol. The van der Waals surface area contributed by atoms with Gasteiger partial charge in [0, 0.05) is 0 Å². The van der Waals surface area contributed by atoms with Gasteiger partial charge < -0.3 is 30.4 Å². The molecular weight excluding hydrogens is 380 g/mol. The smallest absolute Gasteiger partial charge is 0.191 e. The van der Waals surface area contributed by atoms with Crippen molar-refractivity contribution < 1.29 is 19.3 Å². The van der Waals surface area contributed by atoms with Gasteiger partial charge in [-0.15, -0.1) is 0 Å². The Labute approximate surface area is 162 Å². The van der Waals surface area contributed by atoms with Crippen LogP contribution in [0, 0.1) is 0 Å². The largest absolute Gasteiger partial charge is 0.394 e. The lowest BCUT2D eigenvalue weighted by molar-refractivity contribution is -0.167. The molecular formula is C16H25ClN4O4S. The Kier molecular flexibility index (Phi) is 6.15. The fourth-order valence-corrected chi connectivity index (χ4v) is 4.13.